The van der Waals surface area contributed by atoms with Crippen LogP contribution in [0.4, 0.5) is 47.2 Å². The average molecular weight is 541 g/mol. The van der Waals surface area contributed by atoms with E-state index in [1.165, 1.54) is 6.92 Å². The number of carbonyl (C=O) groups is 1. The van der Waals surface area contributed by atoms with E-state index in [1.807, 2.05) is 0 Å². The van der Waals surface area contributed by atoms with E-state index in [2.05, 4.69) is 30.0 Å². The molecular formula is C19H18F7N7O4. The lowest BCUT2D eigenvalue weighted by atomic mass is 9.93. The van der Waals surface area contributed by atoms with Crippen LogP contribution in [0.1, 0.15) is 19.5 Å². The van der Waals surface area contributed by atoms with Crippen LogP contribution in [0.25, 0.3) is 0 Å². The van der Waals surface area contributed by atoms with Crippen LogP contribution in [-0.4, -0.2) is 58.0 Å². The SMILES string of the molecule is CC1(c2nc(NC(=O)Oc3ncc(OCC(F)(F)F)nc3N)ccc2F)COC(C)(C(F)(F)F)C(N)=N1. The molecule has 0 bridgehead atoms. The Morgan fingerprint density at radius 1 is 1.16 bits per heavy atom. The van der Waals surface area contributed by atoms with Crippen LogP contribution in [-0.2, 0) is 10.3 Å². The second-order valence-electron chi connectivity index (χ2n) is 7.93. The van der Waals surface area contributed by atoms with Crippen molar-refractivity contribution < 1.29 is 49.7 Å². The number of hydrogen-bond acceptors (Lipinski definition) is 10. The fourth-order valence-corrected chi connectivity index (χ4v) is 2.90. The largest absolute Gasteiger partial charge is 0.467 e. The number of carbonyl (C=O) groups excluding carboxylic acids is 1. The second-order valence-corrected chi connectivity index (χ2v) is 7.93. The summed E-state index contributed by atoms with van der Waals surface area (Å²) >= 11 is 0. The zero-order valence-electron chi connectivity index (χ0n) is 18.9. The Morgan fingerprint density at radius 2 is 1.84 bits per heavy atom. The molecule has 2 unspecified atom stereocenters. The highest BCUT2D eigenvalue weighted by molar-refractivity contribution is 5.90. The maximum absolute atomic E-state index is 14.6. The molecule has 1 amide bonds. The highest BCUT2D eigenvalue weighted by atomic mass is 19.4. The molecule has 202 valence electrons. The Morgan fingerprint density at radius 3 is 2.41 bits per heavy atom. The molecule has 0 radical (unpaired) electrons. The summed E-state index contributed by atoms with van der Waals surface area (Å²) in [5, 5.41) is 2.11. The number of pyridine rings is 1. The molecular weight excluding hydrogens is 523 g/mol. The number of anilines is 2. The van der Waals surface area contributed by atoms with Crippen LogP contribution in [0, 0.1) is 5.82 Å². The number of hydrogen-bond donors (Lipinski definition) is 3. The van der Waals surface area contributed by atoms with Gasteiger partial charge in [-0.3, -0.25) is 10.3 Å². The number of nitrogens with one attached hydrogen (secondary N) is 1. The first-order valence-electron chi connectivity index (χ1n) is 9.98. The topological polar surface area (TPSA) is 160 Å². The fraction of sp³-hybridized carbons (Fsp3) is 0.421. The number of rotatable bonds is 5. The molecule has 2 aromatic heterocycles. The minimum atomic E-state index is -4.89. The molecule has 0 spiro atoms. The first-order chi connectivity index (χ1) is 16.9. The van der Waals surface area contributed by atoms with Gasteiger partial charge in [0.15, 0.2) is 12.4 Å². The van der Waals surface area contributed by atoms with Gasteiger partial charge in [0.05, 0.1) is 12.8 Å². The Bertz CT molecular complexity index is 1220. The summed E-state index contributed by atoms with van der Waals surface area (Å²) in [6.07, 6.45) is -10.1. The monoisotopic (exact) mass is 541 g/mol. The normalized spacial score (nSPS) is 22.2. The van der Waals surface area contributed by atoms with Crippen molar-refractivity contribution in [2.24, 2.45) is 10.7 Å². The molecule has 18 heteroatoms. The second kappa shape index (κ2) is 9.49. The first kappa shape index (κ1) is 27.6. The standard InChI is InChI=1S/C19H18F7N7O4/c1-16(6-36-17(2,14(28)33-16)19(24,25)26)11-8(20)3-4-9(30-11)31-15(34)37-13-12(27)32-10(5-29-13)35-7-18(21,22)23/h3-5H,6-7H2,1-2H3,(H2,27,32)(H2,28,33)(H,30,31,34). The van der Waals surface area contributed by atoms with Gasteiger partial charge in [-0.1, -0.05) is 0 Å². The average Bonchev–Trinajstić information content (AvgIpc) is 2.77. The number of nitrogens with zero attached hydrogens (tertiary/aromatic N) is 4. The summed E-state index contributed by atoms with van der Waals surface area (Å²) in [5.41, 5.74) is 5.83. The third-order valence-electron chi connectivity index (χ3n) is 4.94. The number of amides is 1. The highest BCUT2D eigenvalue weighted by Crippen LogP contribution is 2.41. The summed E-state index contributed by atoms with van der Waals surface area (Å²) < 4.78 is 105. The van der Waals surface area contributed by atoms with Gasteiger partial charge < -0.3 is 25.7 Å². The number of aliphatic imine (C=N–C) groups is 1. The van der Waals surface area contributed by atoms with Crippen molar-refractivity contribution in [2.75, 3.05) is 24.3 Å². The van der Waals surface area contributed by atoms with E-state index >= 15 is 0 Å². The third kappa shape index (κ3) is 6.07. The van der Waals surface area contributed by atoms with E-state index in [0.717, 1.165) is 18.3 Å². The number of nitrogens with two attached hydrogens (primary N) is 2. The lowest BCUT2D eigenvalue weighted by Crippen LogP contribution is -2.60. The zero-order chi connectivity index (χ0) is 27.8. The van der Waals surface area contributed by atoms with Crippen molar-refractivity contribution in [1.29, 1.82) is 0 Å². The van der Waals surface area contributed by atoms with Gasteiger partial charge in [0, 0.05) is 0 Å². The minimum Gasteiger partial charge on any atom is -0.467 e. The Labute approximate surface area is 203 Å². The van der Waals surface area contributed by atoms with Crippen molar-refractivity contribution in [1.82, 2.24) is 15.0 Å². The van der Waals surface area contributed by atoms with Gasteiger partial charge >= 0.3 is 18.4 Å². The lowest BCUT2D eigenvalue weighted by molar-refractivity contribution is -0.249. The molecule has 0 saturated carbocycles. The molecule has 11 nitrogen and oxygen atoms in total. The molecule has 0 aromatic carbocycles. The Kier molecular flexibility index (Phi) is 7.08. The summed E-state index contributed by atoms with van der Waals surface area (Å²) in [4.78, 5) is 26.9. The van der Waals surface area contributed by atoms with Crippen LogP contribution in [0.2, 0.25) is 0 Å². The quantitative estimate of drug-likeness (QED) is 0.484. The Hall–Kier alpha value is -3.96. The van der Waals surface area contributed by atoms with Crippen molar-refractivity contribution in [3.05, 3.63) is 29.8 Å². The molecule has 0 fully saturated rings. The van der Waals surface area contributed by atoms with E-state index in [9.17, 15) is 35.5 Å². The number of alkyl halides is 6. The summed E-state index contributed by atoms with van der Waals surface area (Å²) in [6, 6.07) is 1.86. The third-order valence-corrected chi connectivity index (χ3v) is 4.94. The predicted octanol–water partition coefficient (Wildman–Crippen LogP) is 3.07. The van der Waals surface area contributed by atoms with Gasteiger partial charge in [-0.2, -0.15) is 31.3 Å². The molecule has 1 aliphatic heterocycles. The van der Waals surface area contributed by atoms with E-state index < -0.39 is 77.7 Å². The van der Waals surface area contributed by atoms with E-state index in [0.29, 0.717) is 6.92 Å². The maximum atomic E-state index is 14.6. The fourth-order valence-electron chi connectivity index (χ4n) is 2.90. The van der Waals surface area contributed by atoms with Crippen LogP contribution < -0.4 is 26.3 Å². The Balaban J connectivity index is 1.76. The molecule has 3 rings (SSSR count). The van der Waals surface area contributed by atoms with Crippen molar-refractivity contribution >= 4 is 23.6 Å². The lowest BCUT2D eigenvalue weighted by Gasteiger charge is -2.40. The molecule has 3 heterocycles. The van der Waals surface area contributed by atoms with E-state index in [-0.39, 0.29) is 5.82 Å². The summed E-state index contributed by atoms with van der Waals surface area (Å²) in [6.45, 7) is -0.513. The minimum absolute atomic E-state index is 0.322. The van der Waals surface area contributed by atoms with Crippen LogP contribution in [0.15, 0.2) is 23.3 Å². The van der Waals surface area contributed by atoms with Gasteiger partial charge in [0.25, 0.3) is 5.88 Å². The maximum Gasteiger partial charge on any atom is 0.424 e. The van der Waals surface area contributed by atoms with Gasteiger partial charge in [0.1, 0.15) is 28.7 Å². The summed E-state index contributed by atoms with van der Waals surface area (Å²) in [5.74, 6) is -4.04. The number of aromatic nitrogens is 3. The van der Waals surface area contributed by atoms with E-state index in [4.69, 9.17) is 20.9 Å². The first-order valence-corrected chi connectivity index (χ1v) is 9.98. The number of amidine groups is 1. The number of halogens is 7. The molecule has 0 aliphatic carbocycles. The molecule has 2 atom stereocenters. The van der Waals surface area contributed by atoms with Crippen molar-refractivity contribution in [3.8, 4) is 11.8 Å². The highest BCUT2D eigenvalue weighted by Gasteiger charge is 2.59. The van der Waals surface area contributed by atoms with Gasteiger partial charge in [-0.05, 0) is 26.0 Å². The van der Waals surface area contributed by atoms with Crippen LogP contribution in [0.3, 0.4) is 0 Å². The molecule has 2 aromatic rings. The summed E-state index contributed by atoms with van der Waals surface area (Å²) in [7, 11) is 0. The van der Waals surface area contributed by atoms with Gasteiger partial charge in [-0.25, -0.2) is 19.2 Å². The van der Waals surface area contributed by atoms with Crippen LogP contribution >= 0.6 is 0 Å². The molecule has 37 heavy (non-hydrogen) atoms. The number of nitrogen functional groups attached to an aromatic ring is 1. The van der Waals surface area contributed by atoms with Gasteiger partial charge in [-0.15, -0.1) is 0 Å². The van der Waals surface area contributed by atoms with Gasteiger partial charge in [0.2, 0.25) is 11.5 Å². The van der Waals surface area contributed by atoms with Crippen molar-refractivity contribution in [3.63, 3.8) is 0 Å². The molecule has 5 N–H and O–H groups in total. The van der Waals surface area contributed by atoms with E-state index in [1.54, 1.807) is 0 Å². The van der Waals surface area contributed by atoms with Crippen LogP contribution in [0.5, 0.6) is 11.8 Å². The van der Waals surface area contributed by atoms with Crippen molar-refractivity contribution in [2.45, 2.75) is 37.3 Å². The molecule has 0 saturated heterocycles. The zero-order valence-corrected chi connectivity index (χ0v) is 18.9. The molecule has 1 aliphatic rings. The smallest absolute Gasteiger partial charge is 0.424 e. The number of ether oxygens (including phenoxy) is 3. The predicted molar refractivity (Wildman–Crippen MR) is 111 cm³/mol.